The van der Waals surface area contributed by atoms with Crippen LogP contribution in [0.1, 0.15) is 99.3 Å². The van der Waals surface area contributed by atoms with Gasteiger partial charge in [0.05, 0.1) is 19.1 Å². The molecule has 52 heavy (non-hydrogen) atoms. The fourth-order valence-electron chi connectivity index (χ4n) is 5.83. The number of ketones is 1. The van der Waals surface area contributed by atoms with Crippen LogP contribution in [0.25, 0.3) is 0 Å². The van der Waals surface area contributed by atoms with Gasteiger partial charge in [-0.1, -0.05) is 66.9 Å². The van der Waals surface area contributed by atoms with Crippen molar-refractivity contribution in [3.05, 3.63) is 25.1 Å². The second kappa shape index (κ2) is 26.5. The van der Waals surface area contributed by atoms with E-state index in [2.05, 4.69) is 59.5 Å². The summed E-state index contributed by atoms with van der Waals surface area (Å²) >= 11 is 0. The maximum atomic E-state index is 13.5. The lowest BCUT2D eigenvalue weighted by atomic mass is 9.70. The van der Waals surface area contributed by atoms with Crippen LogP contribution >= 0.6 is 0 Å². The highest BCUT2D eigenvalue weighted by molar-refractivity contribution is 6.40. The van der Waals surface area contributed by atoms with Gasteiger partial charge in [0.25, 0.3) is 5.91 Å². The zero-order valence-corrected chi connectivity index (χ0v) is 32.9. The summed E-state index contributed by atoms with van der Waals surface area (Å²) < 4.78 is 0. The molecule has 0 spiro atoms. The number of hydrogen-bond donors (Lipinski definition) is 4. The summed E-state index contributed by atoms with van der Waals surface area (Å²) in [7, 11) is 3.71. The molecule has 13 heteroatoms. The van der Waals surface area contributed by atoms with Crippen molar-refractivity contribution in [2.45, 2.75) is 117 Å². The van der Waals surface area contributed by atoms with Crippen molar-refractivity contribution in [3.8, 4) is 12.3 Å². The van der Waals surface area contributed by atoms with E-state index in [0.29, 0.717) is 31.6 Å². The number of hydrogen-bond acceptors (Lipinski definition) is 9. The van der Waals surface area contributed by atoms with Gasteiger partial charge in [-0.15, -0.1) is 18.9 Å². The number of terminal acetylenes is 1. The van der Waals surface area contributed by atoms with E-state index in [9.17, 15) is 28.8 Å². The van der Waals surface area contributed by atoms with Crippen LogP contribution in [0.3, 0.4) is 0 Å². The predicted octanol–water partition coefficient (Wildman–Crippen LogP) is 3.15. The van der Waals surface area contributed by atoms with Crippen molar-refractivity contribution >= 4 is 41.4 Å². The average molecular weight is 728 g/mol. The van der Waals surface area contributed by atoms with Crippen molar-refractivity contribution < 1.29 is 28.8 Å². The molecule has 2 fully saturated rings. The van der Waals surface area contributed by atoms with E-state index in [1.165, 1.54) is 11.1 Å². The number of aldehydes is 1. The summed E-state index contributed by atoms with van der Waals surface area (Å²) in [5.41, 5.74) is -0.199. The van der Waals surface area contributed by atoms with E-state index >= 15 is 0 Å². The third-order valence-corrected chi connectivity index (χ3v) is 8.43. The van der Waals surface area contributed by atoms with E-state index in [0.717, 1.165) is 44.6 Å². The summed E-state index contributed by atoms with van der Waals surface area (Å²) in [6.45, 7) is 17.1. The molecule has 13 nitrogen and oxygen atoms in total. The quantitative estimate of drug-likeness (QED) is 0.0916. The van der Waals surface area contributed by atoms with Crippen LogP contribution < -0.4 is 21.3 Å². The lowest BCUT2D eigenvalue weighted by Gasteiger charge is -2.40. The lowest BCUT2D eigenvalue weighted by Crippen LogP contribution is -2.59. The molecule has 0 aromatic heterocycles. The van der Waals surface area contributed by atoms with Gasteiger partial charge < -0.3 is 31.1 Å². The van der Waals surface area contributed by atoms with Crippen molar-refractivity contribution in [1.29, 1.82) is 0 Å². The molecular formula is C39H65N7O6. The first kappa shape index (κ1) is 47.7. The summed E-state index contributed by atoms with van der Waals surface area (Å²) in [5, 5.41) is 11.0. The maximum Gasteiger partial charge on any atom is 0.268 e. The number of Topliss-reactive ketones (excluding diaryl/α,β-unsaturated/α-hetero) is 1. The van der Waals surface area contributed by atoms with Gasteiger partial charge in [-0.2, -0.15) is 0 Å². The molecule has 1 saturated heterocycles. The van der Waals surface area contributed by atoms with Gasteiger partial charge in [-0.25, -0.2) is 0 Å². The first-order valence-corrected chi connectivity index (χ1v) is 18.5. The number of amides is 4. The molecule has 3 aliphatic rings. The Kier molecular flexibility index (Phi) is 24.3. The van der Waals surface area contributed by atoms with Crippen molar-refractivity contribution in [3.63, 3.8) is 0 Å². The van der Waals surface area contributed by atoms with E-state index in [1.807, 2.05) is 45.8 Å². The molecule has 2 aliphatic heterocycles. The van der Waals surface area contributed by atoms with Crippen LogP contribution in [-0.2, 0) is 28.8 Å². The Balaban J connectivity index is 0.00000208. The molecule has 3 unspecified atom stereocenters. The minimum Gasteiger partial charge on any atom is -0.373 e. The lowest BCUT2D eigenvalue weighted by molar-refractivity contribution is -0.140. The predicted molar refractivity (Wildman–Crippen MR) is 207 cm³/mol. The highest BCUT2D eigenvalue weighted by atomic mass is 16.2. The summed E-state index contributed by atoms with van der Waals surface area (Å²) in [6.07, 6.45) is 16.2. The molecule has 3 rings (SSSR count). The first-order valence-electron chi connectivity index (χ1n) is 18.5. The standard InChI is InChI=1S/C29H40N6O6.C4H9N.C4H10.C2H6/c1-4-5-10-20(23(37)19-36)32-27(40)22-11-9-15-35(22)24(38)17-31-28(41)25(29(2)12-7-6-8-13-29)33-26(39)21-18-34(3)16-14-30-21;1-3-4-5-2;1-4(2)3;1-2/h1,14,16,19-20,22,25H,5-13,15,17-18H2,2-3H3,(H,31,41)(H,32,40)(H,33,39);3,5H,1,4H2,2H3;4H,1-3H3;1-2H3. The van der Waals surface area contributed by atoms with Crippen molar-refractivity contribution in [2.24, 2.45) is 16.3 Å². The largest absolute Gasteiger partial charge is 0.373 e. The molecule has 0 aromatic rings. The second-order valence-electron chi connectivity index (χ2n) is 13.8. The Morgan fingerprint density at radius 2 is 1.73 bits per heavy atom. The van der Waals surface area contributed by atoms with Gasteiger partial charge in [0.1, 0.15) is 17.8 Å². The molecule has 292 valence electrons. The molecule has 0 bridgehead atoms. The molecule has 4 amide bonds. The fraction of sp³-hybridized carbons (Fsp3) is 0.667. The second-order valence-corrected chi connectivity index (χ2v) is 13.8. The number of nitrogens with one attached hydrogen (secondary N) is 4. The highest BCUT2D eigenvalue weighted by Crippen LogP contribution is 2.39. The van der Waals surface area contributed by atoms with Crippen LogP contribution in [0.4, 0.5) is 0 Å². The smallest absolute Gasteiger partial charge is 0.268 e. The zero-order valence-electron chi connectivity index (χ0n) is 32.9. The fourth-order valence-corrected chi connectivity index (χ4v) is 5.83. The Bertz CT molecular complexity index is 1260. The topological polar surface area (TPSA) is 169 Å². The third kappa shape index (κ3) is 17.3. The molecular weight excluding hydrogens is 662 g/mol. The summed E-state index contributed by atoms with van der Waals surface area (Å²) in [5.74, 6) is 0.516. The number of likely N-dealkylation sites (N-methyl/N-ethyl adjacent to an activating group) is 1. The van der Waals surface area contributed by atoms with Crippen molar-refractivity contribution in [1.82, 2.24) is 31.1 Å². The SMILES string of the molecule is C#CCCC(NC(=O)C1CCCN1C(=O)CNC(=O)C(NC(=O)C1=NC=CN(C)C1)C1(C)CCCCC1)C(=O)C=O.C=CCNC.CC.CC(C)C. The van der Waals surface area contributed by atoms with Crippen LogP contribution in [-0.4, -0.2) is 110 Å². The van der Waals surface area contributed by atoms with Crippen LogP contribution in [0, 0.1) is 23.7 Å². The van der Waals surface area contributed by atoms with Crippen LogP contribution in [0.2, 0.25) is 0 Å². The van der Waals surface area contributed by atoms with Gasteiger partial charge in [0, 0.05) is 39.0 Å². The van der Waals surface area contributed by atoms with Crippen LogP contribution in [0.15, 0.2) is 30.0 Å². The molecule has 1 saturated carbocycles. The van der Waals surface area contributed by atoms with E-state index in [1.54, 1.807) is 6.20 Å². The van der Waals surface area contributed by atoms with Crippen LogP contribution in [0.5, 0.6) is 0 Å². The Hall–Kier alpha value is -4.31. The Morgan fingerprint density at radius 1 is 1.10 bits per heavy atom. The normalized spacial score (nSPS) is 18.2. The minimum atomic E-state index is -1.06. The third-order valence-electron chi connectivity index (χ3n) is 8.43. The number of nitrogens with zero attached hydrogens (tertiary/aromatic N) is 3. The Labute approximate surface area is 312 Å². The molecule has 4 N–H and O–H groups in total. The van der Waals surface area contributed by atoms with Gasteiger partial charge >= 0.3 is 0 Å². The number of aliphatic imine (C=N–C) groups is 1. The van der Waals surface area contributed by atoms with Gasteiger partial charge in [-0.3, -0.25) is 33.8 Å². The Morgan fingerprint density at radius 3 is 2.25 bits per heavy atom. The van der Waals surface area contributed by atoms with Gasteiger partial charge in [-0.05, 0) is 50.5 Å². The van der Waals surface area contributed by atoms with E-state index in [-0.39, 0.29) is 25.7 Å². The van der Waals surface area contributed by atoms with Gasteiger partial charge in [0.2, 0.25) is 23.5 Å². The van der Waals surface area contributed by atoms with E-state index < -0.39 is 53.0 Å². The minimum absolute atomic E-state index is 0.113. The summed E-state index contributed by atoms with van der Waals surface area (Å²) in [4.78, 5) is 83.0. The van der Waals surface area contributed by atoms with Crippen molar-refractivity contribution in [2.75, 3.05) is 40.3 Å². The molecule has 0 radical (unpaired) electrons. The monoisotopic (exact) mass is 727 g/mol. The highest BCUT2D eigenvalue weighted by Gasteiger charge is 2.42. The summed E-state index contributed by atoms with van der Waals surface area (Å²) in [6, 6.07) is -2.77. The molecule has 0 aromatic carbocycles. The number of carbonyl (C=O) groups is 6. The molecule has 2 heterocycles. The number of likely N-dealkylation sites (tertiary alicyclic amines) is 1. The average Bonchev–Trinajstić information content (AvgIpc) is 3.63. The molecule has 1 aliphatic carbocycles. The number of rotatable bonds is 14. The maximum absolute atomic E-state index is 13.5. The molecule has 3 atom stereocenters. The zero-order chi connectivity index (χ0) is 39.7. The van der Waals surface area contributed by atoms with Gasteiger partial charge in [0.15, 0.2) is 6.29 Å². The first-order chi connectivity index (χ1) is 24.7. The number of carbonyl (C=O) groups excluding carboxylic acids is 6. The van der Waals surface area contributed by atoms with E-state index in [4.69, 9.17) is 6.42 Å².